The van der Waals surface area contributed by atoms with Gasteiger partial charge in [-0.15, -0.1) is 0 Å². The van der Waals surface area contributed by atoms with E-state index in [4.69, 9.17) is 15.2 Å². The minimum absolute atomic E-state index is 0.0173. The largest absolute Gasteiger partial charge is 0.399 e. The quantitative estimate of drug-likeness (QED) is 0.729. The zero-order valence-electron chi connectivity index (χ0n) is 12.5. The standard InChI is InChI=1S/C15H24N2O3/c1-12(11-20-3)17(7-8-19-2)15(18)10-13-5-4-6-14(16)9-13/h4-6,9,12H,7-8,10-11,16H2,1-3H3. The molecule has 0 heterocycles. The molecule has 112 valence electrons. The number of carbonyl (C=O) groups excluding carboxylic acids is 1. The van der Waals surface area contributed by atoms with Gasteiger partial charge < -0.3 is 20.1 Å². The summed E-state index contributed by atoms with van der Waals surface area (Å²) in [7, 11) is 3.26. The molecule has 0 radical (unpaired) electrons. The van der Waals surface area contributed by atoms with E-state index in [1.165, 1.54) is 0 Å². The number of nitrogens with zero attached hydrogens (tertiary/aromatic N) is 1. The molecule has 0 aromatic heterocycles. The summed E-state index contributed by atoms with van der Waals surface area (Å²) in [6.07, 6.45) is 0.336. The van der Waals surface area contributed by atoms with Gasteiger partial charge in [0, 0.05) is 26.5 Å². The minimum Gasteiger partial charge on any atom is -0.399 e. The van der Waals surface area contributed by atoms with Crippen molar-refractivity contribution in [3.63, 3.8) is 0 Å². The molecule has 0 aliphatic heterocycles. The van der Waals surface area contributed by atoms with Crippen molar-refractivity contribution in [2.75, 3.05) is 39.7 Å². The molecule has 1 atom stereocenters. The van der Waals surface area contributed by atoms with Gasteiger partial charge in [0.25, 0.3) is 0 Å². The first kappa shape index (κ1) is 16.5. The molecular weight excluding hydrogens is 256 g/mol. The molecule has 20 heavy (non-hydrogen) atoms. The number of amides is 1. The fourth-order valence-corrected chi connectivity index (χ4v) is 2.09. The van der Waals surface area contributed by atoms with Crippen LogP contribution in [0.15, 0.2) is 24.3 Å². The van der Waals surface area contributed by atoms with Crippen LogP contribution in [0.5, 0.6) is 0 Å². The van der Waals surface area contributed by atoms with Crippen molar-refractivity contribution in [1.29, 1.82) is 0 Å². The number of nitrogens with two attached hydrogens (primary N) is 1. The van der Waals surface area contributed by atoms with Crippen LogP contribution in [0.4, 0.5) is 5.69 Å². The van der Waals surface area contributed by atoms with Crippen LogP contribution < -0.4 is 5.73 Å². The molecule has 1 unspecified atom stereocenters. The number of hydrogen-bond acceptors (Lipinski definition) is 4. The van der Waals surface area contributed by atoms with Gasteiger partial charge in [0.2, 0.25) is 5.91 Å². The molecule has 0 saturated carbocycles. The van der Waals surface area contributed by atoms with E-state index in [2.05, 4.69) is 0 Å². The Morgan fingerprint density at radius 1 is 1.35 bits per heavy atom. The number of carbonyl (C=O) groups is 1. The van der Waals surface area contributed by atoms with E-state index in [1.54, 1.807) is 19.1 Å². The van der Waals surface area contributed by atoms with Crippen molar-refractivity contribution in [1.82, 2.24) is 4.90 Å². The predicted octanol–water partition coefficient (Wildman–Crippen LogP) is 1.32. The van der Waals surface area contributed by atoms with Crippen molar-refractivity contribution in [2.45, 2.75) is 19.4 Å². The van der Waals surface area contributed by atoms with E-state index < -0.39 is 0 Å². The van der Waals surface area contributed by atoms with E-state index in [1.807, 2.05) is 31.2 Å². The predicted molar refractivity (Wildman–Crippen MR) is 79.5 cm³/mol. The molecule has 1 aromatic rings. The summed E-state index contributed by atoms with van der Waals surface area (Å²) in [6.45, 7) is 3.54. The lowest BCUT2D eigenvalue weighted by molar-refractivity contribution is -0.134. The highest BCUT2D eigenvalue weighted by molar-refractivity contribution is 5.79. The van der Waals surface area contributed by atoms with Gasteiger partial charge in [-0.1, -0.05) is 12.1 Å². The molecule has 0 spiro atoms. The maximum absolute atomic E-state index is 12.4. The molecule has 5 nitrogen and oxygen atoms in total. The van der Waals surface area contributed by atoms with Crippen molar-refractivity contribution in [3.05, 3.63) is 29.8 Å². The second-order valence-corrected chi connectivity index (χ2v) is 4.81. The summed E-state index contributed by atoms with van der Waals surface area (Å²) >= 11 is 0. The Balaban J connectivity index is 2.71. The van der Waals surface area contributed by atoms with Crippen molar-refractivity contribution < 1.29 is 14.3 Å². The first-order valence-electron chi connectivity index (χ1n) is 6.70. The third-order valence-corrected chi connectivity index (χ3v) is 3.10. The van der Waals surface area contributed by atoms with E-state index in [9.17, 15) is 4.79 Å². The third kappa shape index (κ3) is 5.19. The third-order valence-electron chi connectivity index (χ3n) is 3.10. The SMILES string of the molecule is COCCN(C(=O)Cc1cccc(N)c1)C(C)COC. The van der Waals surface area contributed by atoms with E-state index in [-0.39, 0.29) is 11.9 Å². The van der Waals surface area contributed by atoms with Crippen molar-refractivity contribution in [3.8, 4) is 0 Å². The summed E-state index contributed by atoms with van der Waals surface area (Å²) in [5.41, 5.74) is 7.32. The molecule has 0 aliphatic rings. The molecule has 5 heteroatoms. The number of nitrogen functional groups attached to an aromatic ring is 1. The molecule has 0 saturated heterocycles. The molecule has 1 rings (SSSR count). The molecule has 2 N–H and O–H groups in total. The molecule has 0 bridgehead atoms. The Morgan fingerprint density at radius 3 is 2.70 bits per heavy atom. The van der Waals surface area contributed by atoms with E-state index in [0.29, 0.717) is 31.9 Å². The molecule has 0 aliphatic carbocycles. The molecule has 1 amide bonds. The first-order chi connectivity index (χ1) is 9.58. The molecule has 0 fully saturated rings. The highest BCUT2D eigenvalue weighted by Gasteiger charge is 2.19. The normalized spacial score (nSPS) is 12.2. The van der Waals surface area contributed by atoms with Crippen LogP contribution in [0.2, 0.25) is 0 Å². The molecular formula is C15H24N2O3. The number of rotatable bonds is 8. The highest BCUT2D eigenvalue weighted by Crippen LogP contribution is 2.10. The van der Waals surface area contributed by atoms with Crippen molar-refractivity contribution in [2.24, 2.45) is 0 Å². The zero-order valence-corrected chi connectivity index (χ0v) is 12.5. The van der Waals surface area contributed by atoms with Gasteiger partial charge in [-0.05, 0) is 24.6 Å². The van der Waals surface area contributed by atoms with Crippen LogP contribution in [0, 0.1) is 0 Å². The fourth-order valence-electron chi connectivity index (χ4n) is 2.09. The number of benzene rings is 1. The number of anilines is 1. The lowest BCUT2D eigenvalue weighted by Crippen LogP contribution is -2.43. The lowest BCUT2D eigenvalue weighted by Gasteiger charge is -2.28. The Labute approximate surface area is 120 Å². The minimum atomic E-state index is 0.0173. The zero-order chi connectivity index (χ0) is 15.0. The van der Waals surface area contributed by atoms with Crippen LogP contribution in [0.1, 0.15) is 12.5 Å². The van der Waals surface area contributed by atoms with Gasteiger partial charge >= 0.3 is 0 Å². The number of ether oxygens (including phenoxy) is 2. The van der Waals surface area contributed by atoms with Crippen LogP contribution in [-0.4, -0.2) is 50.8 Å². The van der Waals surface area contributed by atoms with Gasteiger partial charge in [0.15, 0.2) is 0 Å². The van der Waals surface area contributed by atoms with Crippen LogP contribution in [0.25, 0.3) is 0 Å². The number of hydrogen-bond donors (Lipinski definition) is 1. The average molecular weight is 280 g/mol. The van der Waals surface area contributed by atoms with Crippen LogP contribution in [-0.2, 0) is 20.7 Å². The van der Waals surface area contributed by atoms with Crippen LogP contribution >= 0.6 is 0 Å². The monoisotopic (exact) mass is 280 g/mol. The van der Waals surface area contributed by atoms with Gasteiger partial charge in [-0.25, -0.2) is 0 Å². The maximum atomic E-state index is 12.4. The Kier molecular flexibility index (Phi) is 7.04. The first-order valence-corrected chi connectivity index (χ1v) is 6.70. The maximum Gasteiger partial charge on any atom is 0.227 e. The summed E-state index contributed by atoms with van der Waals surface area (Å²) in [4.78, 5) is 14.2. The highest BCUT2D eigenvalue weighted by atomic mass is 16.5. The summed E-state index contributed by atoms with van der Waals surface area (Å²) < 4.78 is 10.2. The Hall–Kier alpha value is -1.59. The van der Waals surface area contributed by atoms with Gasteiger partial charge in [0.05, 0.1) is 25.7 Å². The molecule has 1 aromatic carbocycles. The van der Waals surface area contributed by atoms with E-state index in [0.717, 1.165) is 5.56 Å². The average Bonchev–Trinajstić information content (AvgIpc) is 2.39. The van der Waals surface area contributed by atoms with Crippen LogP contribution in [0.3, 0.4) is 0 Å². The lowest BCUT2D eigenvalue weighted by atomic mass is 10.1. The van der Waals surface area contributed by atoms with Gasteiger partial charge in [-0.2, -0.15) is 0 Å². The summed E-state index contributed by atoms with van der Waals surface area (Å²) in [5.74, 6) is 0.0530. The topological polar surface area (TPSA) is 64.8 Å². The summed E-state index contributed by atoms with van der Waals surface area (Å²) in [5, 5.41) is 0. The fraction of sp³-hybridized carbons (Fsp3) is 0.533. The Morgan fingerprint density at radius 2 is 2.10 bits per heavy atom. The summed E-state index contributed by atoms with van der Waals surface area (Å²) in [6, 6.07) is 7.42. The Bertz CT molecular complexity index is 423. The van der Waals surface area contributed by atoms with Crippen molar-refractivity contribution >= 4 is 11.6 Å². The van der Waals surface area contributed by atoms with Gasteiger partial charge in [-0.3, -0.25) is 4.79 Å². The van der Waals surface area contributed by atoms with Gasteiger partial charge in [0.1, 0.15) is 0 Å². The smallest absolute Gasteiger partial charge is 0.227 e. The second kappa shape index (κ2) is 8.55. The second-order valence-electron chi connectivity index (χ2n) is 4.81. The number of methoxy groups -OCH3 is 2. The van der Waals surface area contributed by atoms with E-state index >= 15 is 0 Å².